The molecule has 2 aromatic rings. The lowest BCUT2D eigenvalue weighted by Crippen LogP contribution is -2.31. The quantitative estimate of drug-likeness (QED) is 0.489. The van der Waals surface area contributed by atoms with Crippen LogP contribution in [0.3, 0.4) is 0 Å². The molecule has 3 rings (SSSR count). The van der Waals surface area contributed by atoms with Crippen LogP contribution in [-0.2, 0) is 30.4 Å². The van der Waals surface area contributed by atoms with E-state index in [0.29, 0.717) is 18.1 Å². The van der Waals surface area contributed by atoms with E-state index in [1.165, 1.54) is 0 Å². The van der Waals surface area contributed by atoms with Gasteiger partial charge in [-0.05, 0) is 51.6 Å². The van der Waals surface area contributed by atoms with Gasteiger partial charge in [0.25, 0.3) is 0 Å². The Morgan fingerprint density at radius 3 is 2.74 bits per heavy atom. The summed E-state index contributed by atoms with van der Waals surface area (Å²) in [5.41, 5.74) is 0.547. The van der Waals surface area contributed by atoms with Crippen LogP contribution in [0, 0.1) is 0 Å². The van der Waals surface area contributed by atoms with Gasteiger partial charge < -0.3 is 10.2 Å². The van der Waals surface area contributed by atoms with Gasteiger partial charge in [0, 0.05) is 24.3 Å². The third kappa shape index (κ3) is 5.81. The number of carbonyl (C=O) groups excluding carboxylic acids is 1. The zero-order valence-electron chi connectivity index (χ0n) is 17.1. The molecule has 1 aliphatic carbocycles. The molecule has 0 fully saturated rings. The van der Waals surface area contributed by atoms with Crippen molar-refractivity contribution in [3.8, 4) is 0 Å². The van der Waals surface area contributed by atoms with Crippen LogP contribution in [0.25, 0.3) is 0 Å². The molecule has 6 nitrogen and oxygen atoms in total. The first-order valence-corrected chi connectivity index (χ1v) is 11.0. The molecule has 168 valence electrons. The zero-order valence-corrected chi connectivity index (χ0v) is 18.6. The molecule has 1 aromatic carbocycles. The number of fused-ring (bicyclic) bond motifs is 1. The Bertz CT molecular complexity index is 1040. The number of likely N-dealkylation sites (N-methyl/N-ethyl adjacent to an activating group) is 1. The van der Waals surface area contributed by atoms with E-state index in [9.17, 15) is 22.8 Å². The number of amides is 1. The fraction of sp³-hybridized carbons (Fsp3) is 0.450. The fourth-order valence-electron chi connectivity index (χ4n) is 3.35. The van der Waals surface area contributed by atoms with E-state index in [-0.39, 0.29) is 22.2 Å². The Morgan fingerprint density at radius 2 is 2.06 bits per heavy atom. The number of alkyl halides is 3. The highest BCUT2D eigenvalue weighted by atomic mass is 35.5. The summed E-state index contributed by atoms with van der Waals surface area (Å²) in [4.78, 5) is 31.0. The Labute approximate surface area is 186 Å². The van der Waals surface area contributed by atoms with Gasteiger partial charge in [0.2, 0.25) is 5.91 Å². The SMILES string of the molecule is CN(C)CCn1c2c(c(SCC(=O)Nc3cc(C(F)(F)F)ccc3Cl)nc1=O)CCC2. The van der Waals surface area contributed by atoms with Gasteiger partial charge in [0.15, 0.2) is 0 Å². The maximum absolute atomic E-state index is 12.9. The summed E-state index contributed by atoms with van der Waals surface area (Å²) in [6.45, 7) is 1.25. The summed E-state index contributed by atoms with van der Waals surface area (Å²) in [5.74, 6) is -0.635. The standard InChI is InChI=1S/C20H22ClF3N4O2S/c1-27(2)8-9-28-16-5-3-4-13(16)18(26-19(28)30)31-11-17(29)25-15-10-12(20(22,23)24)6-7-14(15)21/h6-7,10H,3-5,8-9,11H2,1-2H3,(H,25,29). The van der Waals surface area contributed by atoms with Crippen molar-refractivity contribution in [2.24, 2.45) is 0 Å². The van der Waals surface area contributed by atoms with Crippen LogP contribution in [0.15, 0.2) is 28.0 Å². The highest BCUT2D eigenvalue weighted by molar-refractivity contribution is 8.00. The Morgan fingerprint density at radius 1 is 1.32 bits per heavy atom. The molecule has 0 spiro atoms. The Balaban J connectivity index is 1.72. The number of nitrogens with one attached hydrogen (secondary N) is 1. The maximum Gasteiger partial charge on any atom is 0.416 e. The first kappa shape index (κ1) is 23.6. The highest BCUT2D eigenvalue weighted by Crippen LogP contribution is 2.34. The molecule has 1 N–H and O–H groups in total. The number of anilines is 1. The number of aromatic nitrogens is 2. The number of hydrogen-bond donors (Lipinski definition) is 1. The van der Waals surface area contributed by atoms with Crippen molar-refractivity contribution < 1.29 is 18.0 Å². The summed E-state index contributed by atoms with van der Waals surface area (Å²) in [6, 6.07) is 2.74. The molecule has 1 aromatic heterocycles. The van der Waals surface area contributed by atoms with Crippen LogP contribution in [0.2, 0.25) is 5.02 Å². The molecule has 31 heavy (non-hydrogen) atoms. The average molecular weight is 475 g/mol. The van der Waals surface area contributed by atoms with Crippen LogP contribution in [0.5, 0.6) is 0 Å². The maximum atomic E-state index is 12.9. The predicted molar refractivity (Wildman–Crippen MR) is 115 cm³/mol. The van der Waals surface area contributed by atoms with Gasteiger partial charge in [-0.25, -0.2) is 4.79 Å². The van der Waals surface area contributed by atoms with Crippen molar-refractivity contribution in [1.29, 1.82) is 0 Å². The van der Waals surface area contributed by atoms with Gasteiger partial charge in [0.05, 0.1) is 22.0 Å². The first-order chi connectivity index (χ1) is 14.6. The van der Waals surface area contributed by atoms with Crippen LogP contribution < -0.4 is 11.0 Å². The number of nitrogens with zero attached hydrogens (tertiary/aromatic N) is 3. The average Bonchev–Trinajstić information content (AvgIpc) is 3.16. The minimum absolute atomic E-state index is 0.00820. The summed E-state index contributed by atoms with van der Waals surface area (Å²) >= 11 is 7.03. The molecule has 0 saturated carbocycles. The molecule has 11 heteroatoms. The van der Waals surface area contributed by atoms with E-state index in [2.05, 4.69) is 10.3 Å². The number of carbonyl (C=O) groups is 1. The van der Waals surface area contributed by atoms with Crippen molar-refractivity contribution in [3.05, 3.63) is 50.5 Å². The number of hydrogen-bond acceptors (Lipinski definition) is 5. The van der Waals surface area contributed by atoms with E-state index in [1.54, 1.807) is 4.57 Å². The minimum Gasteiger partial charge on any atom is -0.324 e. The van der Waals surface area contributed by atoms with Crippen molar-refractivity contribution in [2.75, 3.05) is 31.7 Å². The van der Waals surface area contributed by atoms with E-state index >= 15 is 0 Å². The predicted octanol–water partition coefficient (Wildman–Crippen LogP) is 3.70. The number of rotatable bonds is 7. The summed E-state index contributed by atoms with van der Waals surface area (Å²) < 4.78 is 40.4. The molecule has 0 saturated heterocycles. The van der Waals surface area contributed by atoms with E-state index in [1.807, 2.05) is 19.0 Å². The van der Waals surface area contributed by atoms with Gasteiger partial charge in [-0.3, -0.25) is 9.36 Å². The summed E-state index contributed by atoms with van der Waals surface area (Å²) in [5, 5.41) is 2.92. The molecule has 1 heterocycles. The van der Waals surface area contributed by atoms with Crippen LogP contribution in [-0.4, -0.2) is 46.8 Å². The third-order valence-corrected chi connectivity index (χ3v) is 6.23. The lowest BCUT2D eigenvalue weighted by molar-refractivity contribution is -0.137. The molecular formula is C20H22ClF3N4O2S. The lowest BCUT2D eigenvalue weighted by atomic mass is 10.2. The number of halogens is 4. The Kier molecular flexibility index (Phi) is 7.33. The summed E-state index contributed by atoms with van der Waals surface area (Å²) in [7, 11) is 3.86. The highest BCUT2D eigenvalue weighted by Gasteiger charge is 2.31. The van der Waals surface area contributed by atoms with Gasteiger partial charge in [-0.2, -0.15) is 18.2 Å². The monoisotopic (exact) mass is 474 g/mol. The molecule has 0 radical (unpaired) electrons. The first-order valence-electron chi connectivity index (χ1n) is 9.63. The second-order valence-corrected chi connectivity index (χ2v) is 8.83. The fourth-order valence-corrected chi connectivity index (χ4v) is 4.40. The van der Waals surface area contributed by atoms with E-state index in [0.717, 1.165) is 60.5 Å². The smallest absolute Gasteiger partial charge is 0.324 e. The van der Waals surface area contributed by atoms with Gasteiger partial charge in [-0.15, -0.1) is 0 Å². The minimum atomic E-state index is -4.54. The zero-order chi connectivity index (χ0) is 22.8. The molecule has 0 atom stereocenters. The van der Waals surface area contributed by atoms with Crippen molar-refractivity contribution in [2.45, 2.75) is 37.0 Å². The van der Waals surface area contributed by atoms with Crippen LogP contribution >= 0.6 is 23.4 Å². The molecule has 0 unspecified atom stereocenters. The normalized spacial score (nSPS) is 13.5. The van der Waals surface area contributed by atoms with E-state index < -0.39 is 17.6 Å². The molecule has 1 aliphatic rings. The third-order valence-electron chi connectivity index (χ3n) is 4.88. The Hall–Kier alpha value is -2.04. The summed E-state index contributed by atoms with van der Waals surface area (Å²) in [6.07, 6.45) is -2.09. The van der Waals surface area contributed by atoms with Gasteiger partial charge in [0.1, 0.15) is 5.03 Å². The van der Waals surface area contributed by atoms with Gasteiger partial charge >= 0.3 is 11.9 Å². The molecule has 1 amide bonds. The van der Waals surface area contributed by atoms with Crippen molar-refractivity contribution in [3.63, 3.8) is 0 Å². The van der Waals surface area contributed by atoms with Crippen molar-refractivity contribution >= 4 is 35.0 Å². The largest absolute Gasteiger partial charge is 0.416 e. The molecule has 0 bridgehead atoms. The van der Waals surface area contributed by atoms with Crippen molar-refractivity contribution in [1.82, 2.24) is 14.5 Å². The molecular weight excluding hydrogens is 453 g/mol. The second kappa shape index (κ2) is 9.62. The lowest BCUT2D eigenvalue weighted by Gasteiger charge is -2.16. The van der Waals surface area contributed by atoms with Gasteiger partial charge in [-0.1, -0.05) is 23.4 Å². The van der Waals surface area contributed by atoms with E-state index in [4.69, 9.17) is 11.6 Å². The second-order valence-electron chi connectivity index (χ2n) is 7.46. The van der Waals surface area contributed by atoms with Crippen LogP contribution in [0.4, 0.5) is 18.9 Å². The molecule has 0 aliphatic heterocycles. The number of benzene rings is 1. The number of thioether (sulfide) groups is 1. The topological polar surface area (TPSA) is 67.2 Å². The van der Waals surface area contributed by atoms with Crippen LogP contribution in [0.1, 0.15) is 23.2 Å².